The highest BCUT2D eigenvalue weighted by molar-refractivity contribution is 6.08. The molecule has 2 aliphatic heterocycles. The average Bonchev–Trinajstić information content (AvgIpc) is 4.60. The lowest BCUT2D eigenvalue weighted by molar-refractivity contribution is 0.619. The van der Waals surface area contributed by atoms with E-state index in [1.54, 1.807) is 0 Å². The van der Waals surface area contributed by atoms with E-state index in [0.29, 0.717) is 11.8 Å². The summed E-state index contributed by atoms with van der Waals surface area (Å²) in [5.41, 5.74) is 16.2. The third kappa shape index (κ3) is 9.51. The first kappa shape index (κ1) is 48.1. The van der Waals surface area contributed by atoms with Crippen molar-refractivity contribution < 1.29 is 13.3 Å². The summed E-state index contributed by atoms with van der Waals surface area (Å²) in [6, 6.07) is 85.8. The number of hydrogen-bond donors (Lipinski definition) is 2. The highest BCUT2D eigenvalue weighted by atomic mass is 16.4. The Kier molecular flexibility index (Phi) is 12.1. The second-order valence-corrected chi connectivity index (χ2v) is 20.3. The van der Waals surface area contributed by atoms with E-state index in [1.807, 2.05) is 127 Å². The van der Waals surface area contributed by atoms with Gasteiger partial charge < -0.3 is 23.6 Å². The van der Waals surface area contributed by atoms with Gasteiger partial charge in [-0.15, -0.1) is 0 Å². The molecule has 0 spiro atoms. The number of rotatable bonds is 8. The van der Waals surface area contributed by atoms with Gasteiger partial charge in [0.2, 0.25) is 11.8 Å². The van der Waals surface area contributed by atoms with Gasteiger partial charge in [0.1, 0.15) is 22.2 Å². The Hall–Kier alpha value is -11.0. The largest absolute Gasteiger partial charge is 0.456 e. The zero-order chi connectivity index (χ0) is 54.3. The minimum absolute atomic E-state index is 0.159. The molecule has 82 heavy (non-hydrogen) atoms. The molecule has 0 aliphatic carbocycles. The Morgan fingerprint density at radius 2 is 0.805 bits per heavy atom. The lowest BCUT2D eigenvalue weighted by atomic mass is 10.0. The summed E-state index contributed by atoms with van der Waals surface area (Å²) in [6.07, 6.45) is 0.531. The number of furan rings is 1. The van der Waals surface area contributed by atoms with Crippen molar-refractivity contribution in [2.45, 2.75) is 18.8 Å². The SMILES string of the molecule is c1ccc2c(c1)=NC(c1ccc(Nc3ccc(C4N=c5ccccc5=N4)cc3)cc1)N=2.c1ccc2oc(-c3ccc(Cc4ccc5c(c4)oc4ccccc45)cc3)nc2c1.c1ccc2oc(-c3ccc4[nH]c5ccccc5c4c3)nc2c1. The monoisotopic (exact) mass is 1060 g/mol. The van der Waals surface area contributed by atoms with Crippen LogP contribution in [0.4, 0.5) is 11.4 Å². The van der Waals surface area contributed by atoms with Gasteiger partial charge in [-0.1, -0.05) is 133 Å². The number of para-hydroxylation sites is 10. The van der Waals surface area contributed by atoms with Crippen molar-refractivity contribution in [3.63, 3.8) is 0 Å². The number of nitrogens with zero attached hydrogens (tertiary/aromatic N) is 6. The zero-order valence-electron chi connectivity index (χ0n) is 44.0. The molecule has 2 N–H and O–H groups in total. The minimum atomic E-state index is -0.159. The average molecular weight is 1060 g/mol. The molecule has 2 aliphatic rings. The van der Waals surface area contributed by atoms with E-state index in [0.717, 1.165) is 117 Å². The molecule has 15 aromatic rings. The number of nitrogens with one attached hydrogen (secondary N) is 2. The number of oxazole rings is 2. The second kappa shape index (κ2) is 20.6. The maximum absolute atomic E-state index is 6.02. The summed E-state index contributed by atoms with van der Waals surface area (Å²) in [4.78, 5) is 31.4. The molecule has 390 valence electrons. The number of H-pyrrole nitrogens is 1. The van der Waals surface area contributed by atoms with Gasteiger partial charge in [-0.3, -0.25) is 20.0 Å². The van der Waals surface area contributed by atoms with Crippen LogP contribution in [-0.2, 0) is 6.42 Å². The first-order valence-corrected chi connectivity index (χ1v) is 27.2. The number of anilines is 2. The number of fused-ring (bicyclic) bond motifs is 10. The Bertz CT molecular complexity index is 4890. The molecule has 11 aromatic carbocycles. The zero-order valence-corrected chi connectivity index (χ0v) is 44.0. The number of benzene rings is 11. The first-order chi connectivity index (χ1) is 40.5. The Balaban J connectivity index is 0.000000107. The molecule has 17 rings (SSSR count). The fraction of sp³-hybridized carbons (Fsp3) is 0.0423. The van der Waals surface area contributed by atoms with E-state index in [-0.39, 0.29) is 12.3 Å². The van der Waals surface area contributed by atoms with Crippen LogP contribution in [-0.4, -0.2) is 15.0 Å². The van der Waals surface area contributed by atoms with E-state index in [2.05, 4.69) is 148 Å². The molecular weight excluding hydrogens is 1010 g/mol. The number of hydrogen-bond acceptors (Lipinski definition) is 10. The van der Waals surface area contributed by atoms with Gasteiger partial charge in [0.05, 0.1) is 21.4 Å². The standard InChI is InChI=1S/C26H19N5.C26H17NO2.C19H12N2O/c1-2-6-22-21(5-1)28-25(29-22)17-9-13-19(14-10-17)27-20-15-11-18(12-16-20)26-30-23-7-3-4-8-24(23)31-26;1-3-7-23-20(5-1)21-14-11-18(16-25(21)28-23)15-17-9-12-19(13-10-17)26-27-22-6-2-4-8-24(22)29-26;1-2-6-15-13(5-1)14-11-12(9-10-16(14)20-15)19-21-17-7-3-4-8-18(17)22-19/h1-16,25-27H;1-14,16H,15H2;1-11,20H. The van der Waals surface area contributed by atoms with Gasteiger partial charge in [-0.05, 0) is 150 Å². The van der Waals surface area contributed by atoms with Gasteiger partial charge in [0, 0.05) is 55.1 Å². The van der Waals surface area contributed by atoms with Gasteiger partial charge in [-0.2, -0.15) is 0 Å². The van der Waals surface area contributed by atoms with Crippen molar-refractivity contribution in [2.24, 2.45) is 20.0 Å². The molecule has 0 saturated carbocycles. The predicted molar refractivity (Wildman–Crippen MR) is 324 cm³/mol. The third-order valence-electron chi connectivity index (χ3n) is 14.9. The predicted octanol–water partition coefficient (Wildman–Crippen LogP) is 15.4. The molecule has 11 nitrogen and oxygen atoms in total. The van der Waals surface area contributed by atoms with E-state index in [4.69, 9.17) is 33.2 Å². The Labute approximate surface area is 468 Å². The smallest absolute Gasteiger partial charge is 0.227 e. The second-order valence-electron chi connectivity index (χ2n) is 20.3. The molecule has 0 atom stereocenters. The molecule has 11 heteroatoms. The number of aromatic nitrogens is 3. The van der Waals surface area contributed by atoms with Crippen molar-refractivity contribution in [3.05, 3.63) is 298 Å². The van der Waals surface area contributed by atoms with Gasteiger partial charge >= 0.3 is 0 Å². The normalized spacial score (nSPS) is 12.7. The maximum atomic E-state index is 6.02. The Morgan fingerprint density at radius 1 is 0.341 bits per heavy atom. The molecule has 0 radical (unpaired) electrons. The molecule has 0 saturated heterocycles. The van der Waals surface area contributed by atoms with Crippen molar-refractivity contribution >= 4 is 77.3 Å². The summed E-state index contributed by atoms with van der Waals surface area (Å²) >= 11 is 0. The van der Waals surface area contributed by atoms with Crippen molar-refractivity contribution in [3.8, 4) is 22.9 Å². The van der Waals surface area contributed by atoms with Crippen LogP contribution in [0.5, 0.6) is 0 Å². The van der Waals surface area contributed by atoms with Crippen LogP contribution in [0.3, 0.4) is 0 Å². The Morgan fingerprint density at radius 3 is 1.39 bits per heavy atom. The lowest BCUT2D eigenvalue weighted by Gasteiger charge is -2.10. The van der Waals surface area contributed by atoms with Gasteiger partial charge in [-0.25, -0.2) is 9.97 Å². The highest BCUT2D eigenvalue weighted by Crippen LogP contribution is 2.33. The summed E-state index contributed by atoms with van der Waals surface area (Å²) in [5.74, 6) is 1.31. The van der Waals surface area contributed by atoms with Crippen LogP contribution in [0.25, 0.3) is 88.9 Å². The summed E-state index contributed by atoms with van der Waals surface area (Å²) in [6.45, 7) is 0. The van der Waals surface area contributed by atoms with Crippen LogP contribution >= 0.6 is 0 Å². The maximum Gasteiger partial charge on any atom is 0.227 e. The number of aromatic amines is 1. The van der Waals surface area contributed by atoms with Crippen LogP contribution in [0.2, 0.25) is 0 Å². The van der Waals surface area contributed by atoms with Gasteiger partial charge in [0.25, 0.3) is 0 Å². The summed E-state index contributed by atoms with van der Waals surface area (Å²) < 4.78 is 17.8. The highest BCUT2D eigenvalue weighted by Gasteiger charge is 2.16. The van der Waals surface area contributed by atoms with E-state index in [9.17, 15) is 0 Å². The van der Waals surface area contributed by atoms with Crippen LogP contribution in [0.1, 0.15) is 34.6 Å². The summed E-state index contributed by atoms with van der Waals surface area (Å²) in [7, 11) is 0. The fourth-order valence-electron chi connectivity index (χ4n) is 10.7. The molecule has 0 unspecified atom stereocenters. The molecule has 0 fully saturated rings. The molecular formula is C71H48N8O3. The molecule has 4 aromatic heterocycles. The van der Waals surface area contributed by atoms with Crippen LogP contribution in [0.15, 0.2) is 288 Å². The quantitative estimate of drug-likeness (QED) is 0.155. The van der Waals surface area contributed by atoms with Crippen molar-refractivity contribution in [1.82, 2.24) is 15.0 Å². The van der Waals surface area contributed by atoms with E-state index >= 15 is 0 Å². The molecule has 0 amide bonds. The van der Waals surface area contributed by atoms with Crippen molar-refractivity contribution in [2.75, 3.05) is 5.32 Å². The van der Waals surface area contributed by atoms with Crippen molar-refractivity contribution in [1.29, 1.82) is 0 Å². The lowest BCUT2D eigenvalue weighted by Crippen LogP contribution is -2.19. The van der Waals surface area contributed by atoms with Crippen LogP contribution in [0, 0.1) is 0 Å². The summed E-state index contributed by atoms with van der Waals surface area (Å²) in [5, 5.41) is 12.0. The minimum Gasteiger partial charge on any atom is -0.456 e. The van der Waals surface area contributed by atoms with Gasteiger partial charge in [0.15, 0.2) is 23.5 Å². The van der Waals surface area contributed by atoms with E-state index in [1.165, 1.54) is 21.9 Å². The molecule has 0 bridgehead atoms. The fourth-order valence-corrected chi connectivity index (χ4v) is 10.7. The topological polar surface area (TPSA) is 142 Å². The van der Waals surface area contributed by atoms with E-state index < -0.39 is 0 Å². The first-order valence-electron chi connectivity index (χ1n) is 27.2. The molecule has 6 heterocycles. The van der Waals surface area contributed by atoms with Crippen LogP contribution < -0.4 is 26.7 Å². The third-order valence-corrected chi connectivity index (χ3v) is 14.9.